The summed E-state index contributed by atoms with van der Waals surface area (Å²) in [7, 11) is 0. The van der Waals surface area contributed by atoms with Crippen LogP contribution in [0.25, 0.3) is 0 Å². The molecular weight excluding hydrogens is 256 g/mol. The Bertz CT molecular complexity index is 523. The van der Waals surface area contributed by atoms with Gasteiger partial charge in [0.05, 0.1) is 0 Å². The summed E-state index contributed by atoms with van der Waals surface area (Å²) >= 11 is 0. The molecule has 1 heterocycles. The third-order valence-corrected chi connectivity index (χ3v) is 4.54. The summed E-state index contributed by atoms with van der Waals surface area (Å²) < 4.78 is 10.8. The van der Waals surface area contributed by atoms with Crippen molar-refractivity contribution in [1.82, 2.24) is 0 Å². The van der Waals surface area contributed by atoms with E-state index in [-0.39, 0.29) is 11.8 Å². The van der Waals surface area contributed by atoms with E-state index in [0.717, 1.165) is 18.4 Å². The molecule has 108 valence electrons. The molecule has 0 saturated carbocycles. The van der Waals surface area contributed by atoms with Gasteiger partial charge in [0.2, 0.25) is 0 Å². The summed E-state index contributed by atoms with van der Waals surface area (Å²) in [6, 6.07) is 0. The minimum absolute atomic E-state index is 0.0703. The predicted molar refractivity (Wildman–Crippen MR) is 72.5 cm³/mol. The molecule has 1 aliphatic heterocycles. The SMILES string of the molecule is CC1=CC2=CC3(CC(C)(C)C2CC1)OC(=O)CC(=O)O3. The molecule has 1 unspecified atom stereocenters. The van der Waals surface area contributed by atoms with E-state index in [1.165, 1.54) is 5.57 Å². The molecule has 3 aliphatic rings. The van der Waals surface area contributed by atoms with Crippen LogP contribution in [0.3, 0.4) is 0 Å². The van der Waals surface area contributed by atoms with E-state index in [0.29, 0.717) is 12.3 Å². The zero-order valence-electron chi connectivity index (χ0n) is 12.2. The van der Waals surface area contributed by atoms with E-state index in [4.69, 9.17) is 9.47 Å². The molecule has 1 atom stereocenters. The van der Waals surface area contributed by atoms with E-state index in [1.807, 2.05) is 6.08 Å². The molecule has 20 heavy (non-hydrogen) atoms. The average Bonchev–Trinajstić information content (AvgIpc) is 2.24. The maximum atomic E-state index is 11.6. The lowest BCUT2D eigenvalue weighted by molar-refractivity contribution is -0.238. The highest BCUT2D eigenvalue weighted by Crippen LogP contribution is 2.51. The first-order valence-corrected chi connectivity index (χ1v) is 7.13. The fourth-order valence-electron chi connectivity index (χ4n) is 3.77. The Balaban J connectivity index is 2.05. The molecule has 0 bridgehead atoms. The molecule has 1 fully saturated rings. The molecule has 0 N–H and O–H groups in total. The number of carbonyl (C=O) groups is 2. The lowest BCUT2D eigenvalue weighted by Crippen LogP contribution is -2.51. The van der Waals surface area contributed by atoms with Gasteiger partial charge < -0.3 is 9.47 Å². The molecule has 2 aliphatic carbocycles. The Morgan fingerprint density at radius 3 is 2.50 bits per heavy atom. The van der Waals surface area contributed by atoms with Crippen molar-refractivity contribution >= 4 is 11.9 Å². The van der Waals surface area contributed by atoms with Crippen molar-refractivity contribution in [3.8, 4) is 0 Å². The van der Waals surface area contributed by atoms with Crippen LogP contribution in [0.1, 0.15) is 46.5 Å². The highest BCUT2D eigenvalue weighted by molar-refractivity contribution is 5.93. The van der Waals surface area contributed by atoms with E-state index in [9.17, 15) is 9.59 Å². The third kappa shape index (κ3) is 2.17. The second-order valence-electron chi connectivity index (χ2n) is 6.83. The summed E-state index contributed by atoms with van der Waals surface area (Å²) in [6.45, 7) is 6.40. The van der Waals surface area contributed by atoms with Gasteiger partial charge in [-0.25, -0.2) is 0 Å². The molecule has 3 rings (SSSR count). The van der Waals surface area contributed by atoms with Crippen LogP contribution in [0.15, 0.2) is 23.3 Å². The Hall–Kier alpha value is -1.58. The standard InChI is InChI=1S/C16H20O4/c1-10-4-5-12-11(6-10)8-16(9-15(12,2)3)19-13(17)7-14(18)20-16/h6,8,12H,4-5,7,9H2,1-3H3. The Morgan fingerprint density at radius 1 is 1.20 bits per heavy atom. The number of ether oxygens (including phenoxy) is 2. The first-order valence-electron chi connectivity index (χ1n) is 7.13. The molecule has 4 heteroatoms. The molecule has 1 saturated heterocycles. The number of hydrogen-bond acceptors (Lipinski definition) is 4. The van der Waals surface area contributed by atoms with E-state index >= 15 is 0 Å². The van der Waals surface area contributed by atoms with Crippen LogP contribution in [-0.2, 0) is 19.1 Å². The van der Waals surface area contributed by atoms with Gasteiger partial charge in [0, 0.05) is 12.5 Å². The zero-order valence-corrected chi connectivity index (χ0v) is 12.2. The predicted octanol–water partition coefficient (Wildman–Crippen LogP) is 2.89. The van der Waals surface area contributed by atoms with E-state index in [2.05, 4.69) is 26.8 Å². The van der Waals surface area contributed by atoms with Gasteiger partial charge in [-0.3, -0.25) is 9.59 Å². The molecule has 0 aromatic carbocycles. The molecule has 4 nitrogen and oxygen atoms in total. The van der Waals surface area contributed by atoms with Crippen molar-refractivity contribution in [2.75, 3.05) is 0 Å². The minimum atomic E-state index is -1.20. The lowest BCUT2D eigenvalue weighted by Gasteiger charge is -2.48. The smallest absolute Gasteiger partial charge is 0.320 e. The van der Waals surface area contributed by atoms with Crippen LogP contribution in [0.5, 0.6) is 0 Å². The van der Waals surface area contributed by atoms with Crippen LogP contribution in [0.2, 0.25) is 0 Å². The fourth-order valence-corrected chi connectivity index (χ4v) is 3.77. The first-order chi connectivity index (χ1) is 9.30. The van der Waals surface area contributed by atoms with Crippen LogP contribution in [0, 0.1) is 11.3 Å². The lowest BCUT2D eigenvalue weighted by atomic mass is 9.62. The van der Waals surface area contributed by atoms with Gasteiger partial charge in [-0.15, -0.1) is 0 Å². The van der Waals surface area contributed by atoms with Crippen molar-refractivity contribution in [3.63, 3.8) is 0 Å². The van der Waals surface area contributed by atoms with Crippen molar-refractivity contribution in [2.45, 2.75) is 52.2 Å². The number of allylic oxidation sites excluding steroid dienone is 3. The molecular formula is C16H20O4. The van der Waals surface area contributed by atoms with Gasteiger partial charge in [0.1, 0.15) is 6.42 Å². The third-order valence-electron chi connectivity index (χ3n) is 4.54. The van der Waals surface area contributed by atoms with Gasteiger partial charge in [-0.2, -0.15) is 0 Å². The first kappa shape index (κ1) is 13.4. The van der Waals surface area contributed by atoms with Gasteiger partial charge >= 0.3 is 11.9 Å². The van der Waals surface area contributed by atoms with Gasteiger partial charge in [0.25, 0.3) is 5.79 Å². The summed E-state index contributed by atoms with van der Waals surface area (Å²) in [4.78, 5) is 23.2. The molecule has 0 aromatic rings. The van der Waals surface area contributed by atoms with Gasteiger partial charge in [0.15, 0.2) is 0 Å². The van der Waals surface area contributed by atoms with Crippen LogP contribution < -0.4 is 0 Å². The van der Waals surface area contributed by atoms with Crippen molar-refractivity contribution in [3.05, 3.63) is 23.3 Å². The van der Waals surface area contributed by atoms with E-state index in [1.54, 1.807) is 0 Å². The largest absolute Gasteiger partial charge is 0.418 e. The average molecular weight is 276 g/mol. The molecule has 0 amide bonds. The number of carbonyl (C=O) groups excluding carboxylic acids is 2. The maximum absolute atomic E-state index is 11.6. The highest BCUT2D eigenvalue weighted by Gasteiger charge is 2.52. The van der Waals surface area contributed by atoms with Gasteiger partial charge in [-0.05, 0) is 36.7 Å². The molecule has 0 aromatic heterocycles. The number of fused-ring (bicyclic) bond motifs is 1. The number of rotatable bonds is 0. The highest BCUT2D eigenvalue weighted by atomic mass is 16.7. The minimum Gasteiger partial charge on any atom is -0.418 e. The summed E-state index contributed by atoms with van der Waals surface area (Å²) in [5.74, 6) is -1.76. The van der Waals surface area contributed by atoms with Crippen LogP contribution >= 0.6 is 0 Å². The summed E-state index contributed by atoms with van der Waals surface area (Å²) in [5.41, 5.74) is 2.38. The normalized spacial score (nSPS) is 30.9. The Labute approximate surface area is 118 Å². The van der Waals surface area contributed by atoms with Gasteiger partial charge in [-0.1, -0.05) is 25.5 Å². The van der Waals surface area contributed by atoms with Crippen molar-refractivity contribution < 1.29 is 19.1 Å². The summed E-state index contributed by atoms with van der Waals surface area (Å²) in [5, 5.41) is 0. The monoisotopic (exact) mass is 276 g/mol. The van der Waals surface area contributed by atoms with E-state index < -0.39 is 17.7 Å². The second kappa shape index (κ2) is 4.21. The maximum Gasteiger partial charge on any atom is 0.320 e. The summed E-state index contributed by atoms with van der Waals surface area (Å²) in [6.07, 6.45) is 6.42. The Morgan fingerprint density at radius 2 is 1.85 bits per heavy atom. The second-order valence-corrected chi connectivity index (χ2v) is 6.83. The quantitative estimate of drug-likeness (QED) is 0.504. The number of hydrogen-bond donors (Lipinski definition) is 0. The van der Waals surface area contributed by atoms with Crippen molar-refractivity contribution in [2.24, 2.45) is 11.3 Å². The molecule has 1 spiro atoms. The Kier molecular flexibility index (Phi) is 2.82. The molecule has 0 radical (unpaired) electrons. The number of esters is 2. The topological polar surface area (TPSA) is 52.6 Å². The zero-order chi connectivity index (χ0) is 14.5. The van der Waals surface area contributed by atoms with Crippen molar-refractivity contribution in [1.29, 1.82) is 0 Å². The fraction of sp³-hybridized carbons (Fsp3) is 0.625. The van der Waals surface area contributed by atoms with Crippen LogP contribution in [0.4, 0.5) is 0 Å². The van der Waals surface area contributed by atoms with Crippen LogP contribution in [-0.4, -0.2) is 17.7 Å².